The molecule has 0 saturated carbocycles. The highest BCUT2D eigenvalue weighted by Crippen LogP contribution is 2.34. The second-order valence-electron chi connectivity index (χ2n) is 7.02. The van der Waals surface area contributed by atoms with Crippen LogP contribution < -0.4 is 20.1 Å². The molecule has 0 fully saturated rings. The Morgan fingerprint density at radius 3 is 2.70 bits per heavy atom. The molecule has 154 valence electrons. The molecule has 0 unspecified atom stereocenters. The lowest BCUT2D eigenvalue weighted by atomic mass is 10.1. The van der Waals surface area contributed by atoms with Crippen LogP contribution in [0.2, 0.25) is 0 Å². The number of benzene rings is 2. The Hall–Kier alpha value is -3.81. The minimum atomic E-state index is -0.279. The lowest BCUT2D eigenvalue weighted by Gasteiger charge is -2.12. The van der Waals surface area contributed by atoms with Gasteiger partial charge in [0.15, 0.2) is 11.5 Å². The Labute approximate surface area is 173 Å². The molecule has 1 aromatic heterocycles. The van der Waals surface area contributed by atoms with E-state index in [0.717, 1.165) is 11.4 Å². The summed E-state index contributed by atoms with van der Waals surface area (Å²) in [5, 5.41) is 5.74. The summed E-state index contributed by atoms with van der Waals surface area (Å²) in [5.74, 6) is 1.70. The SMILES string of the molecule is Cc1ccc(C(=O)Nc2ccc3c(c2)OCO3)cc1NC(=O)CCn1ccnc1C. The third-order valence-electron chi connectivity index (χ3n) is 4.91. The Kier molecular flexibility index (Phi) is 5.38. The van der Waals surface area contributed by atoms with Gasteiger partial charge in [-0.15, -0.1) is 0 Å². The molecule has 8 nitrogen and oxygen atoms in total. The van der Waals surface area contributed by atoms with Crippen LogP contribution in [0.5, 0.6) is 11.5 Å². The maximum atomic E-state index is 12.7. The fraction of sp³-hybridized carbons (Fsp3) is 0.227. The highest BCUT2D eigenvalue weighted by atomic mass is 16.7. The van der Waals surface area contributed by atoms with Gasteiger partial charge >= 0.3 is 0 Å². The molecule has 2 N–H and O–H groups in total. The van der Waals surface area contributed by atoms with E-state index < -0.39 is 0 Å². The summed E-state index contributed by atoms with van der Waals surface area (Å²) in [6.45, 7) is 4.49. The van der Waals surface area contributed by atoms with E-state index in [1.807, 2.05) is 30.7 Å². The second-order valence-corrected chi connectivity index (χ2v) is 7.02. The van der Waals surface area contributed by atoms with Gasteiger partial charge in [-0.05, 0) is 43.7 Å². The van der Waals surface area contributed by atoms with Crippen LogP contribution in [0.3, 0.4) is 0 Å². The topological polar surface area (TPSA) is 94.5 Å². The molecule has 0 bridgehead atoms. The highest BCUT2D eigenvalue weighted by molar-refractivity contribution is 6.05. The van der Waals surface area contributed by atoms with Crippen molar-refractivity contribution in [2.45, 2.75) is 26.8 Å². The van der Waals surface area contributed by atoms with Crippen LogP contribution in [0.4, 0.5) is 11.4 Å². The summed E-state index contributed by atoms with van der Waals surface area (Å²) in [6, 6.07) is 10.4. The van der Waals surface area contributed by atoms with Gasteiger partial charge in [0.1, 0.15) is 5.82 Å². The molecule has 0 aliphatic carbocycles. The Bertz CT molecular complexity index is 1110. The van der Waals surface area contributed by atoms with E-state index in [1.165, 1.54) is 0 Å². The minimum Gasteiger partial charge on any atom is -0.454 e. The van der Waals surface area contributed by atoms with Gasteiger partial charge in [0.25, 0.3) is 5.91 Å². The lowest BCUT2D eigenvalue weighted by Crippen LogP contribution is -2.17. The molecule has 0 atom stereocenters. The lowest BCUT2D eigenvalue weighted by molar-refractivity contribution is -0.116. The van der Waals surface area contributed by atoms with Gasteiger partial charge < -0.3 is 24.7 Å². The molecule has 2 amide bonds. The van der Waals surface area contributed by atoms with E-state index in [4.69, 9.17) is 9.47 Å². The molecule has 1 aliphatic rings. The zero-order valence-electron chi connectivity index (χ0n) is 16.8. The first-order chi connectivity index (χ1) is 14.5. The zero-order valence-corrected chi connectivity index (χ0v) is 16.8. The van der Waals surface area contributed by atoms with Gasteiger partial charge in [0.05, 0.1) is 0 Å². The van der Waals surface area contributed by atoms with Crippen molar-refractivity contribution in [2.75, 3.05) is 17.4 Å². The number of hydrogen-bond donors (Lipinski definition) is 2. The fourth-order valence-corrected chi connectivity index (χ4v) is 3.15. The second kappa shape index (κ2) is 8.28. The number of imidazole rings is 1. The van der Waals surface area contributed by atoms with Crippen LogP contribution >= 0.6 is 0 Å². The average Bonchev–Trinajstić information content (AvgIpc) is 3.36. The number of hydrogen-bond acceptors (Lipinski definition) is 5. The van der Waals surface area contributed by atoms with Crippen molar-refractivity contribution < 1.29 is 19.1 Å². The number of anilines is 2. The van der Waals surface area contributed by atoms with Crippen LogP contribution in [0.25, 0.3) is 0 Å². The van der Waals surface area contributed by atoms with Gasteiger partial charge in [0.2, 0.25) is 12.7 Å². The number of ether oxygens (including phenoxy) is 2. The molecule has 30 heavy (non-hydrogen) atoms. The number of carbonyl (C=O) groups excluding carboxylic acids is 2. The van der Waals surface area contributed by atoms with Crippen molar-refractivity contribution in [1.29, 1.82) is 0 Å². The van der Waals surface area contributed by atoms with E-state index in [0.29, 0.717) is 41.4 Å². The maximum Gasteiger partial charge on any atom is 0.255 e. The van der Waals surface area contributed by atoms with Gasteiger partial charge in [-0.1, -0.05) is 6.07 Å². The third kappa shape index (κ3) is 4.27. The molecular formula is C22H22N4O4. The summed E-state index contributed by atoms with van der Waals surface area (Å²) < 4.78 is 12.5. The van der Waals surface area contributed by atoms with Crippen molar-refractivity contribution in [3.8, 4) is 11.5 Å². The predicted molar refractivity (Wildman–Crippen MR) is 112 cm³/mol. The Morgan fingerprint density at radius 2 is 1.90 bits per heavy atom. The zero-order chi connectivity index (χ0) is 21.1. The van der Waals surface area contributed by atoms with Gasteiger partial charge in [-0.25, -0.2) is 4.98 Å². The van der Waals surface area contributed by atoms with Crippen molar-refractivity contribution in [3.63, 3.8) is 0 Å². The van der Waals surface area contributed by atoms with Crippen LogP contribution in [0.1, 0.15) is 28.2 Å². The van der Waals surface area contributed by atoms with Crippen molar-refractivity contribution in [1.82, 2.24) is 9.55 Å². The molecule has 2 aromatic carbocycles. The number of aromatic nitrogens is 2. The summed E-state index contributed by atoms with van der Waals surface area (Å²) in [5.41, 5.74) is 2.53. The van der Waals surface area contributed by atoms with Crippen LogP contribution in [0.15, 0.2) is 48.8 Å². The number of amides is 2. The van der Waals surface area contributed by atoms with Gasteiger partial charge in [-0.3, -0.25) is 9.59 Å². The molecule has 2 heterocycles. The Balaban J connectivity index is 1.41. The summed E-state index contributed by atoms with van der Waals surface area (Å²) in [7, 11) is 0. The first kappa shape index (κ1) is 19.5. The highest BCUT2D eigenvalue weighted by Gasteiger charge is 2.15. The normalized spacial score (nSPS) is 11.9. The minimum absolute atomic E-state index is 0.125. The number of fused-ring (bicyclic) bond motifs is 1. The summed E-state index contributed by atoms with van der Waals surface area (Å²) in [4.78, 5) is 29.2. The molecular weight excluding hydrogens is 384 g/mol. The van der Waals surface area contributed by atoms with Crippen LogP contribution in [-0.4, -0.2) is 28.2 Å². The van der Waals surface area contributed by atoms with E-state index >= 15 is 0 Å². The van der Waals surface area contributed by atoms with Crippen LogP contribution in [-0.2, 0) is 11.3 Å². The average molecular weight is 406 g/mol. The molecule has 4 rings (SSSR count). The fourth-order valence-electron chi connectivity index (χ4n) is 3.15. The van der Waals surface area contributed by atoms with E-state index in [1.54, 1.807) is 36.5 Å². The number of aryl methyl sites for hydroxylation is 3. The number of rotatable bonds is 6. The molecule has 3 aromatic rings. The van der Waals surface area contributed by atoms with Crippen LogP contribution in [0, 0.1) is 13.8 Å². The smallest absolute Gasteiger partial charge is 0.255 e. The first-order valence-corrected chi connectivity index (χ1v) is 9.59. The number of nitrogens with zero attached hydrogens (tertiary/aromatic N) is 2. The molecule has 1 aliphatic heterocycles. The summed E-state index contributed by atoms with van der Waals surface area (Å²) in [6.07, 6.45) is 3.86. The largest absolute Gasteiger partial charge is 0.454 e. The molecule has 0 saturated heterocycles. The number of nitrogens with one attached hydrogen (secondary N) is 2. The van der Waals surface area contributed by atoms with Gasteiger partial charge in [0, 0.05) is 48.4 Å². The van der Waals surface area contributed by atoms with E-state index in [-0.39, 0.29) is 18.6 Å². The van der Waals surface area contributed by atoms with Crippen molar-refractivity contribution in [2.24, 2.45) is 0 Å². The van der Waals surface area contributed by atoms with E-state index in [9.17, 15) is 9.59 Å². The molecule has 0 radical (unpaired) electrons. The molecule has 8 heteroatoms. The molecule has 0 spiro atoms. The summed E-state index contributed by atoms with van der Waals surface area (Å²) >= 11 is 0. The number of carbonyl (C=O) groups is 2. The standard InChI is InChI=1S/C22H22N4O4/c1-14-3-4-16(22(28)24-17-5-6-19-20(12-17)30-13-29-19)11-18(14)25-21(27)7-9-26-10-8-23-15(26)2/h3-6,8,10-12H,7,9,13H2,1-2H3,(H,24,28)(H,25,27). The monoisotopic (exact) mass is 406 g/mol. The van der Waals surface area contributed by atoms with E-state index in [2.05, 4.69) is 15.6 Å². The third-order valence-corrected chi connectivity index (χ3v) is 4.91. The van der Waals surface area contributed by atoms with Gasteiger partial charge in [-0.2, -0.15) is 0 Å². The first-order valence-electron chi connectivity index (χ1n) is 9.59. The van der Waals surface area contributed by atoms with Crippen molar-refractivity contribution >= 4 is 23.2 Å². The van der Waals surface area contributed by atoms with Crippen molar-refractivity contribution in [3.05, 3.63) is 65.7 Å². The quantitative estimate of drug-likeness (QED) is 0.653. The maximum absolute atomic E-state index is 12.7. The predicted octanol–water partition coefficient (Wildman–Crippen LogP) is 3.51. The Morgan fingerprint density at radius 1 is 1.07 bits per heavy atom.